The Hall–Kier alpha value is -2.03. The number of rotatable bonds is 5. The molecule has 0 aliphatic heterocycles. The predicted molar refractivity (Wildman–Crippen MR) is 74.9 cm³/mol. The van der Waals surface area contributed by atoms with Crippen LogP contribution in [0.2, 0.25) is 0 Å². The Morgan fingerprint density at radius 2 is 2.14 bits per heavy atom. The van der Waals surface area contributed by atoms with Crippen LogP contribution in [0.3, 0.4) is 0 Å². The Morgan fingerprint density at radius 1 is 1.43 bits per heavy atom. The van der Waals surface area contributed by atoms with Gasteiger partial charge in [0, 0.05) is 0 Å². The number of nitro groups is 1. The van der Waals surface area contributed by atoms with Crippen molar-refractivity contribution in [1.82, 2.24) is 4.98 Å². The summed E-state index contributed by atoms with van der Waals surface area (Å²) in [4.78, 5) is 36.9. The maximum absolute atomic E-state index is 11.7. The number of nitrogens with zero attached hydrogens (tertiary/aromatic N) is 2. The zero-order chi connectivity index (χ0) is 15.2. The van der Waals surface area contributed by atoms with E-state index in [2.05, 4.69) is 10.3 Å². The first-order valence-electron chi connectivity index (χ1n) is 6.63. The Bertz CT molecular complexity index is 539. The lowest BCUT2D eigenvalue weighted by Crippen LogP contribution is -2.25. The number of amides is 1. The van der Waals surface area contributed by atoms with Crippen molar-refractivity contribution in [3.05, 3.63) is 16.3 Å². The molecule has 1 aliphatic carbocycles. The number of carbonyl (C=O) groups excluding carboxylic acids is 2. The molecule has 1 amide bonds. The van der Waals surface area contributed by atoms with Gasteiger partial charge in [-0.1, -0.05) is 19.3 Å². The van der Waals surface area contributed by atoms with Gasteiger partial charge >= 0.3 is 11.0 Å². The Balaban J connectivity index is 1.76. The second-order valence-electron chi connectivity index (χ2n) is 4.75. The van der Waals surface area contributed by atoms with Crippen LogP contribution in [0.5, 0.6) is 0 Å². The zero-order valence-electron chi connectivity index (χ0n) is 11.2. The van der Waals surface area contributed by atoms with Crippen LogP contribution in [-0.2, 0) is 14.3 Å². The summed E-state index contributed by atoms with van der Waals surface area (Å²) in [6.45, 7) is -0.400. The summed E-state index contributed by atoms with van der Waals surface area (Å²) in [6, 6.07) is 0. The number of nitrogens with one attached hydrogen (secondary N) is 1. The maximum atomic E-state index is 11.7. The molecular formula is C12H15N3O5S. The molecule has 1 N–H and O–H groups in total. The molecule has 9 heteroatoms. The lowest BCUT2D eigenvalue weighted by molar-refractivity contribution is -0.380. The molecule has 0 atom stereocenters. The molecule has 1 aromatic rings. The van der Waals surface area contributed by atoms with E-state index in [1.807, 2.05) is 0 Å². The van der Waals surface area contributed by atoms with Crippen LogP contribution in [0.25, 0.3) is 0 Å². The third-order valence-electron chi connectivity index (χ3n) is 3.20. The average Bonchev–Trinajstić information content (AvgIpc) is 2.94. The molecule has 0 spiro atoms. The molecule has 1 fully saturated rings. The van der Waals surface area contributed by atoms with E-state index in [9.17, 15) is 19.7 Å². The highest BCUT2D eigenvalue weighted by atomic mass is 32.1. The molecule has 1 aliphatic rings. The van der Waals surface area contributed by atoms with E-state index < -0.39 is 17.4 Å². The monoisotopic (exact) mass is 313 g/mol. The summed E-state index contributed by atoms with van der Waals surface area (Å²) in [7, 11) is 0. The SMILES string of the molecule is O=C(COC(=O)C1CCCCC1)Nc1ncc([N+](=O)[O-])s1. The fourth-order valence-electron chi connectivity index (χ4n) is 2.16. The summed E-state index contributed by atoms with van der Waals surface area (Å²) in [5.74, 6) is -1.02. The van der Waals surface area contributed by atoms with Gasteiger partial charge in [-0.25, -0.2) is 4.98 Å². The van der Waals surface area contributed by atoms with Gasteiger partial charge in [-0.15, -0.1) is 0 Å². The van der Waals surface area contributed by atoms with Crippen molar-refractivity contribution in [3.8, 4) is 0 Å². The average molecular weight is 313 g/mol. The van der Waals surface area contributed by atoms with Crippen molar-refractivity contribution >= 4 is 33.3 Å². The van der Waals surface area contributed by atoms with Crippen LogP contribution in [0.1, 0.15) is 32.1 Å². The van der Waals surface area contributed by atoms with Gasteiger partial charge in [-0.05, 0) is 24.2 Å². The first-order chi connectivity index (χ1) is 10.1. The van der Waals surface area contributed by atoms with Gasteiger partial charge in [0.05, 0.1) is 10.8 Å². The highest BCUT2D eigenvalue weighted by Gasteiger charge is 2.23. The van der Waals surface area contributed by atoms with Crippen LogP contribution in [0.4, 0.5) is 10.1 Å². The topological polar surface area (TPSA) is 111 Å². The first kappa shape index (κ1) is 15.4. The van der Waals surface area contributed by atoms with Gasteiger partial charge in [0.1, 0.15) is 6.20 Å². The minimum atomic E-state index is -0.587. The number of esters is 1. The number of carbonyl (C=O) groups is 2. The Kier molecular flexibility index (Phi) is 5.20. The van der Waals surface area contributed by atoms with E-state index in [4.69, 9.17) is 4.74 Å². The number of thiazole rings is 1. The predicted octanol–water partition coefficient (Wildman–Crippen LogP) is 2.11. The van der Waals surface area contributed by atoms with E-state index in [1.165, 1.54) is 0 Å². The second kappa shape index (κ2) is 7.11. The number of ether oxygens (including phenoxy) is 1. The molecule has 0 bridgehead atoms. The standard InChI is InChI=1S/C12H15N3O5S/c16-9(14-12-13-6-10(21-12)15(18)19)7-20-11(17)8-4-2-1-3-5-8/h6,8H,1-5,7H2,(H,13,14,16). The van der Waals surface area contributed by atoms with Crippen molar-refractivity contribution in [2.75, 3.05) is 11.9 Å². The van der Waals surface area contributed by atoms with Gasteiger partial charge in [-0.2, -0.15) is 0 Å². The lowest BCUT2D eigenvalue weighted by atomic mass is 9.89. The van der Waals surface area contributed by atoms with Crippen molar-refractivity contribution in [2.24, 2.45) is 5.92 Å². The molecule has 1 saturated carbocycles. The largest absolute Gasteiger partial charge is 0.455 e. The van der Waals surface area contributed by atoms with E-state index in [-0.39, 0.29) is 22.0 Å². The molecule has 114 valence electrons. The first-order valence-corrected chi connectivity index (χ1v) is 7.44. The molecule has 0 unspecified atom stereocenters. The summed E-state index contributed by atoms with van der Waals surface area (Å²) in [6.07, 6.45) is 5.82. The molecule has 0 radical (unpaired) electrons. The quantitative estimate of drug-likeness (QED) is 0.506. The summed E-state index contributed by atoms with van der Waals surface area (Å²) in [5.41, 5.74) is 0. The van der Waals surface area contributed by atoms with Gasteiger partial charge in [0.2, 0.25) is 0 Å². The van der Waals surface area contributed by atoms with Crippen LogP contribution >= 0.6 is 11.3 Å². The minimum Gasteiger partial charge on any atom is -0.455 e. The van der Waals surface area contributed by atoms with Gasteiger partial charge in [0.15, 0.2) is 11.7 Å². The number of anilines is 1. The van der Waals surface area contributed by atoms with E-state index >= 15 is 0 Å². The number of hydrogen-bond acceptors (Lipinski definition) is 7. The van der Waals surface area contributed by atoms with Gasteiger partial charge < -0.3 is 4.74 Å². The van der Waals surface area contributed by atoms with Crippen molar-refractivity contribution in [3.63, 3.8) is 0 Å². The minimum absolute atomic E-state index is 0.111. The second-order valence-corrected chi connectivity index (χ2v) is 5.76. The van der Waals surface area contributed by atoms with Crippen molar-refractivity contribution in [1.29, 1.82) is 0 Å². The highest BCUT2D eigenvalue weighted by molar-refractivity contribution is 7.18. The van der Waals surface area contributed by atoms with Gasteiger partial charge in [0.25, 0.3) is 5.91 Å². The molecule has 8 nitrogen and oxygen atoms in total. The van der Waals surface area contributed by atoms with Crippen LogP contribution in [-0.4, -0.2) is 28.4 Å². The fourth-order valence-corrected chi connectivity index (χ4v) is 2.80. The van der Waals surface area contributed by atoms with Crippen molar-refractivity contribution in [2.45, 2.75) is 32.1 Å². The third kappa shape index (κ3) is 4.48. The number of hydrogen-bond donors (Lipinski definition) is 1. The molecule has 2 rings (SSSR count). The Morgan fingerprint density at radius 3 is 2.76 bits per heavy atom. The molecule has 1 heterocycles. The molecule has 0 aromatic carbocycles. The molecule has 21 heavy (non-hydrogen) atoms. The maximum Gasteiger partial charge on any atom is 0.345 e. The van der Waals surface area contributed by atoms with Crippen LogP contribution in [0.15, 0.2) is 6.20 Å². The van der Waals surface area contributed by atoms with E-state index in [0.29, 0.717) is 0 Å². The molecule has 0 saturated heterocycles. The normalized spacial score (nSPS) is 15.4. The highest BCUT2D eigenvalue weighted by Crippen LogP contribution is 2.25. The summed E-state index contributed by atoms with van der Waals surface area (Å²) in [5, 5.41) is 12.8. The number of aromatic nitrogens is 1. The third-order valence-corrected chi connectivity index (χ3v) is 4.07. The van der Waals surface area contributed by atoms with E-state index in [0.717, 1.165) is 49.6 Å². The summed E-state index contributed by atoms with van der Waals surface area (Å²) < 4.78 is 4.96. The summed E-state index contributed by atoms with van der Waals surface area (Å²) >= 11 is 0.749. The van der Waals surface area contributed by atoms with Crippen LogP contribution in [0, 0.1) is 16.0 Å². The van der Waals surface area contributed by atoms with Crippen molar-refractivity contribution < 1.29 is 19.2 Å². The molecular weight excluding hydrogens is 298 g/mol. The Labute approximate surface area is 124 Å². The molecule has 1 aromatic heterocycles. The lowest BCUT2D eigenvalue weighted by Gasteiger charge is -2.19. The van der Waals surface area contributed by atoms with E-state index in [1.54, 1.807) is 0 Å². The van der Waals surface area contributed by atoms with Crippen LogP contribution < -0.4 is 5.32 Å². The zero-order valence-corrected chi connectivity index (χ0v) is 12.1. The smallest absolute Gasteiger partial charge is 0.345 e. The van der Waals surface area contributed by atoms with Gasteiger partial charge in [-0.3, -0.25) is 25.0 Å². The fraction of sp³-hybridized carbons (Fsp3) is 0.583.